The van der Waals surface area contributed by atoms with Gasteiger partial charge in [0.2, 0.25) is 0 Å². The molecular formula is C11H16N2O. The van der Waals surface area contributed by atoms with Gasteiger partial charge < -0.3 is 0 Å². The number of hydrogen-bond donors (Lipinski definition) is 1. The highest BCUT2D eigenvalue weighted by molar-refractivity contribution is 5.64. The summed E-state index contributed by atoms with van der Waals surface area (Å²) in [6.45, 7) is 6.62. The molecule has 0 aliphatic heterocycles. The van der Waals surface area contributed by atoms with Crippen LogP contribution in [0.3, 0.4) is 0 Å². The zero-order valence-corrected chi connectivity index (χ0v) is 8.87. The summed E-state index contributed by atoms with van der Waals surface area (Å²) in [6, 6.07) is 6.11. The molecule has 1 rings (SSSR count). The average molecular weight is 192 g/mol. The Kier molecular flexibility index (Phi) is 4.13. The van der Waals surface area contributed by atoms with Crippen molar-refractivity contribution < 1.29 is 4.84 Å². The maximum absolute atomic E-state index is 4.94. The first kappa shape index (κ1) is 10.7. The third-order valence-corrected chi connectivity index (χ3v) is 1.91. The zero-order valence-electron chi connectivity index (χ0n) is 8.87. The van der Waals surface area contributed by atoms with Crippen LogP contribution in [-0.4, -0.2) is 12.9 Å². The van der Waals surface area contributed by atoms with E-state index in [2.05, 4.69) is 10.5 Å². The van der Waals surface area contributed by atoms with E-state index >= 15 is 0 Å². The predicted molar refractivity (Wildman–Crippen MR) is 58.8 cm³/mol. The highest BCUT2D eigenvalue weighted by Gasteiger charge is 1.97. The number of aryl methyl sites for hydroxylation is 2. The highest BCUT2D eigenvalue weighted by Crippen LogP contribution is 2.21. The Morgan fingerprint density at radius 1 is 1.36 bits per heavy atom. The first-order chi connectivity index (χ1) is 6.75. The van der Waals surface area contributed by atoms with Gasteiger partial charge in [-0.2, -0.15) is 0 Å². The minimum atomic E-state index is 0.624. The Morgan fingerprint density at radius 3 is 2.57 bits per heavy atom. The van der Waals surface area contributed by atoms with Crippen molar-refractivity contribution in [2.75, 3.05) is 6.61 Å². The molecule has 0 amide bonds. The van der Waals surface area contributed by atoms with Crippen molar-refractivity contribution in [1.29, 1.82) is 0 Å². The van der Waals surface area contributed by atoms with Gasteiger partial charge in [-0.1, -0.05) is 18.2 Å². The molecule has 3 heteroatoms. The van der Waals surface area contributed by atoms with Crippen LogP contribution in [0.25, 0.3) is 0 Å². The van der Waals surface area contributed by atoms with Crippen molar-refractivity contribution in [3.63, 3.8) is 0 Å². The standard InChI is InChI=1S/C11H16N2O/c1-4-14-13-8-12-11-9(2)6-5-7-10(11)3/h5-8H,4H2,1-3H3,(H,12,13). The summed E-state index contributed by atoms with van der Waals surface area (Å²) in [5.74, 6) is 0. The molecule has 1 aromatic carbocycles. The quantitative estimate of drug-likeness (QED) is 0.344. The van der Waals surface area contributed by atoms with E-state index in [1.165, 1.54) is 11.1 Å². The molecule has 0 heterocycles. The number of para-hydroxylation sites is 1. The number of benzene rings is 1. The smallest absolute Gasteiger partial charge is 0.113 e. The number of hydrogen-bond acceptors (Lipinski definition) is 2. The lowest BCUT2D eigenvalue weighted by molar-refractivity contribution is 0.100. The van der Waals surface area contributed by atoms with Gasteiger partial charge in [-0.05, 0) is 31.9 Å². The van der Waals surface area contributed by atoms with Crippen molar-refractivity contribution >= 4 is 12.0 Å². The minimum absolute atomic E-state index is 0.624. The Labute approximate surface area is 84.8 Å². The summed E-state index contributed by atoms with van der Waals surface area (Å²) < 4.78 is 0. The van der Waals surface area contributed by atoms with E-state index in [0.717, 1.165) is 5.69 Å². The van der Waals surface area contributed by atoms with Crippen molar-refractivity contribution in [2.45, 2.75) is 20.8 Å². The fraction of sp³-hybridized carbons (Fsp3) is 0.364. The Morgan fingerprint density at radius 2 is 2.00 bits per heavy atom. The van der Waals surface area contributed by atoms with Gasteiger partial charge in [0.25, 0.3) is 0 Å². The van der Waals surface area contributed by atoms with Crippen molar-refractivity contribution in [2.24, 2.45) is 4.99 Å². The molecule has 76 valence electrons. The third kappa shape index (κ3) is 2.85. The van der Waals surface area contributed by atoms with Crippen LogP contribution in [0.5, 0.6) is 0 Å². The molecule has 0 spiro atoms. The molecule has 0 aliphatic carbocycles. The van der Waals surface area contributed by atoms with Gasteiger partial charge in [0, 0.05) is 0 Å². The fourth-order valence-electron chi connectivity index (χ4n) is 1.22. The lowest BCUT2D eigenvalue weighted by atomic mass is 10.1. The van der Waals surface area contributed by atoms with Crippen LogP contribution < -0.4 is 5.48 Å². The van der Waals surface area contributed by atoms with E-state index in [4.69, 9.17) is 4.84 Å². The van der Waals surface area contributed by atoms with E-state index < -0.39 is 0 Å². The molecule has 0 aromatic heterocycles. The van der Waals surface area contributed by atoms with E-state index in [1.54, 1.807) is 6.34 Å². The Hall–Kier alpha value is -1.35. The number of nitrogens with one attached hydrogen (secondary N) is 1. The van der Waals surface area contributed by atoms with Crippen LogP contribution >= 0.6 is 0 Å². The summed E-state index contributed by atoms with van der Waals surface area (Å²) in [5.41, 5.74) is 5.98. The molecule has 14 heavy (non-hydrogen) atoms. The van der Waals surface area contributed by atoms with Gasteiger partial charge in [-0.25, -0.2) is 4.99 Å². The van der Waals surface area contributed by atoms with Crippen LogP contribution in [0.15, 0.2) is 23.2 Å². The average Bonchev–Trinajstić information content (AvgIpc) is 2.16. The van der Waals surface area contributed by atoms with Gasteiger partial charge >= 0.3 is 0 Å². The summed E-state index contributed by atoms with van der Waals surface area (Å²) in [6.07, 6.45) is 1.57. The number of rotatable bonds is 4. The summed E-state index contributed by atoms with van der Waals surface area (Å²) in [5, 5.41) is 0. The molecular weight excluding hydrogens is 176 g/mol. The Balaban J connectivity index is 2.70. The molecule has 0 bridgehead atoms. The normalized spacial score (nSPS) is 10.8. The number of hydroxylamine groups is 1. The van der Waals surface area contributed by atoms with Gasteiger partial charge in [-0.3, -0.25) is 10.3 Å². The molecule has 0 saturated heterocycles. The molecule has 0 aliphatic rings. The van der Waals surface area contributed by atoms with E-state index in [-0.39, 0.29) is 0 Å². The maximum atomic E-state index is 4.94. The predicted octanol–water partition coefficient (Wildman–Crippen LogP) is 2.50. The van der Waals surface area contributed by atoms with Crippen LogP contribution in [0.2, 0.25) is 0 Å². The molecule has 0 unspecified atom stereocenters. The SMILES string of the molecule is CCONC=Nc1c(C)cccc1C. The first-order valence-corrected chi connectivity index (χ1v) is 4.71. The van der Waals surface area contributed by atoms with E-state index in [1.807, 2.05) is 39.0 Å². The topological polar surface area (TPSA) is 33.6 Å². The maximum Gasteiger partial charge on any atom is 0.113 e. The summed E-state index contributed by atoms with van der Waals surface area (Å²) in [4.78, 5) is 9.22. The monoisotopic (exact) mass is 192 g/mol. The largest absolute Gasteiger partial charge is 0.276 e. The van der Waals surface area contributed by atoms with Gasteiger partial charge in [0.15, 0.2) is 0 Å². The van der Waals surface area contributed by atoms with Crippen molar-refractivity contribution in [3.8, 4) is 0 Å². The highest BCUT2D eigenvalue weighted by atomic mass is 16.6. The number of aliphatic imine (C=N–C) groups is 1. The third-order valence-electron chi connectivity index (χ3n) is 1.91. The Bertz CT molecular complexity index is 301. The van der Waals surface area contributed by atoms with Crippen molar-refractivity contribution in [1.82, 2.24) is 5.48 Å². The molecule has 0 atom stereocenters. The lowest BCUT2D eigenvalue weighted by Crippen LogP contribution is -2.10. The molecule has 0 fully saturated rings. The first-order valence-electron chi connectivity index (χ1n) is 4.71. The molecule has 1 N–H and O–H groups in total. The number of nitrogens with zero attached hydrogens (tertiary/aromatic N) is 1. The second-order valence-electron chi connectivity index (χ2n) is 3.05. The van der Waals surface area contributed by atoms with Crippen LogP contribution in [0, 0.1) is 13.8 Å². The molecule has 0 saturated carbocycles. The lowest BCUT2D eigenvalue weighted by Gasteiger charge is -2.03. The van der Waals surface area contributed by atoms with Crippen molar-refractivity contribution in [3.05, 3.63) is 29.3 Å². The molecule has 0 radical (unpaired) electrons. The zero-order chi connectivity index (χ0) is 10.4. The van der Waals surface area contributed by atoms with E-state index in [9.17, 15) is 0 Å². The molecule has 3 nitrogen and oxygen atoms in total. The van der Waals surface area contributed by atoms with Crippen LogP contribution in [-0.2, 0) is 4.84 Å². The summed E-state index contributed by atoms with van der Waals surface area (Å²) in [7, 11) is 0. The minimum Gasteiger partial charge on any atom is -0.276 e. The second-order valence-corrected chi connectivity index (χ2v) is 3.05. The van der Waals surface area contributed by atoms with Crippen LogP contribution in [0.1, 0.15) is 18.1 Å². The molecule has 1 aromatic rings. The van der Waals surface area contributed by atoms with Gasteiger partial charge in [0.05, 0.1) is 12.3 Å². The fourth-order valence-corrected chi connectivity index (χ4v) is 1.22. The van der Waals surface area contributed by atoms with E-state index in [0.29, 0.717) is 6.61 Å². The second kappa shape index (κ2) is 5.40. The summed E-state index contributed by atoms with van der Waals surface area (Å²) >= 11 is 0. The van der Waals surface area contributed by atoms with Gasteiger partial charge in [0.1, 0.15) is 6.34 Å². The van der Waals surface area contributed by atoms with Gasteiger partial charge in [-0.15, -0.1) is 0 Å². The van der Waals surface area contributed by atoms with Crippen LogP contribution in [0.4, 0.5) is 5.69 Å².